The highest BCUT2D eigenvalue weighted by Crippen LogP contribution is 2.60. The zero-order valence-electron chi connectivity index (χ0n) is 20.1. The number of nitrogens with zero attached hydrogens (tertiary/aromatic N) is 1. The van der Waals surface area contributed by atoms with E-state index in [0.717, 1.165) is 47.4 Å². The minimum Gasteiger partial charge on any atom is -0.508 e. The third kappa shape index (κ3) is 4.15. The van der Waals surface area contributed by atoms with Gasteiger partial charge in [0, 0.05) is 12.0 Å². The average Bonchev–Trinajstić information content (AvgIpc) is 3.36. The van der Waals surface area contributed by atoms with Crippen molar-refractivity contribution in [1.29, 1.82) is 0 Å². The highest BCUT2D eigenvalue weighted by Gasteiger charge is 2.52. The van der Waals surface area contributed by atoms with Crippen molar-refractivity contribution < 1.29 is 14.9 Å². The van der Waals surface area contributed by atoms with Crippen LogP contribution in [0.1, 0.15) is 53.2 Å². The van der Waals surface area contributed by atoms with Gasteiger partial charge in [0.2, 0.25) is 0 Å². The summed E-state index contributed by atoms with van der Waals surface area (Å²) in [6.45, 7) is 4.05. The lowest BCUT2D eigenvalue weighted by Gasteiger charge is -2.30. The Hall–Kier alpha value is -3.08. The van der Waals surface area contributed by atoms with Crippen molar-refractivity contribution in [1.82, 2.24) is 4.90 Å². The smallest absolute Gasteiger partial charge is 0.119 e. The molecule has 1 aliphatic heterocycles. The molecule has 3 aromatic rings. The van der Waals surface area contributed by atoms with E-state index in [1.165, 1.54) is 43.5 Å². The molecule has 2 aliphatic carbocycles. The van der Waals surface area contributed by atoms with Crippen LogP contribution in [0.25, 0.3) is 11.6 Å². The Morgan fingerprint density at radius 1 is 0.914 bits per heavy atom. The van der Waals surface area contributed by atoms with Gasteiger partial charge in [-0.3, -0.25) is 4.90 Å². The number of aliphatic hydroxyl groups is 1. The number of phenols is 1. The van der Waals surface area contributed by atoms with Crippen molar-refractivity contribution in [2.24, 2.45) is 5.41 Å². The summed E-state index contributed by atoms with van der Waals surface area (Å²) < 4.78 is 6.16. The van der Waals surface area contributed by atoms with Gasteiger partial charge in [0.25, 0.3) is 0 Å². The van der Waals surface area contributed by atoms with Crippen molar-refractivity contribution in [3.63, 3.8) is 0 Å². The van der Waals surface area contributed by atoms with Gasteiger partial charge in [-0.25, -0.2) is 0 Å². The quantitative estimate of drug-likeness (QED) is 0.511. The van der Waals surface area contributed by atoms with E-state index in [0.29, 0.717) is 6.61 Å². The van der Waals surface area contributed by atoms with Gasteiger partial charge in [0.15, 0.2) is 0 Å². The van der Waals surface area contributed by atoms with Gasteiger partial charge in [-0.1, -0.05) is 55.0 Å². The summed E-state index contributed by atoms with van der Waals surface area (Å²) in [6.07, 6.45) is 7.08. The Bertz CT molecular complexity index is 1260. The fourth-order valence-electron chi connectivity index (χ4n) is 6.33. The first-order chi connectivity index (χ1) is 17.1. The van der Waals surface area contributed by atoms with Crippen LogP contribution in [0.2, 0.25) is 0 Å². The maximum absolute atomic E-state index is 11.6. The van der Waals surface area contributed by atoms with Crippen LogP contribution in [0.4, 0.5) is 0 Å². The van der Waals surface area contributed by atoms with Gasteiger partial charge in [0.05, 0.1) is 6.10 Å². The van der Waals surface area contributed by atoms with Gasteiger partial charge >= 0.3 is 0 Å². The zero-order valence-corrected chi connectivity index (χ0v) is 20.1. The van der Waals surface area contributed by atoms with Crippen molar-refractivity contribution in [2.45, 2.75) is 38.2 Å². The van der Waals surface area contributed by atoms with Crippen molar-refractivity contribution >= 4 is 11.6 Å². The van der Waals surface area contributed by atoms with Crippen LogP contribution in [0.3, 0.4) is 0 Å². The average molecular weight is 468 g/mol. The number of piperidine rings is 1. The second kappa shape index (κ2) is 9.18. The number of likely N-dealkylation sites (tertiary alicyclic amines) is 1. The number of benzene rings is 3. The molecule has 1 fully saturated rings. The molecule has 0 saturated carbocycles. The molecule has 180 valence electrons. The minimum atomic E-state index is -0.571. The molecular formula is C31H33NO3. The van der Waals surface area contributed by atoms with Crippen LogP contribution in [0.15, 0.2) is 66.7 Å². The summed E-state index contributed by atoms with van der Waals surface area (Å²) >= 11 is 0. The maximum atomic E-state index is 11.6. The summed E-state index contributed by atoms with van der Waals surface area (Å²) in [5, 5.41) is 21.7. The van der Waals surface area contributed by atoms with E-state index in [4.69, 9.17) is 4.74 Å². The Morgan fingerprint density at radius 2 is 1.74 bits per heavy atom. The summed E-state index contributed by atoms with van der Waals surface area (Å²) in [6, 6.07) is 22.0. The van der Waals surface area contributed by atoms with Crippen molar-refractivity contribution in [2.75, 3.05) is 26.2 Å². The monoisotopic (exact) mass is 467 g/mol. The highest BCUT2D eigenvalue weighted by atomic mass is 16.5. The Morgan fingerprint density at radius 3 is 2.60 bits per heavy atom. The van der Waals surface area contributed by atoms with Crippen molar-refractivity contribution in [3.05, 3.63) is 94.5 Å². The van der Waals surface area contributed by atoms with E-state index < -0.39 is 11.5 Å². The number of hydrogen-bond donors (Lipinski definition) is 2. The summed E-state index contributed by atoms with van der Waals surface area (Å²) in [5.74, 6) is 1.17. The molecule has 0 radical (unpaired) electrons. The first-order valence-corrected chi connectivity index (χ1v) is 12.9. The number of ether oxygens (including phenoxy) is 1. The molecule has 6 rings (SSSR count). The van der Waals surface area contributed by atoms with Crippen LogP contribution in [0.5, 0.6) is 11.5 Å². The number of hydrogen-bond acceptors (Lipinski definition) is 4. The lowest BCUT2D eigenvalue weighted by molar-refractivity contribution is 0.0808. The van der Waals surface area contributed by atoms with Gasteiger partial charge in [-0.15, -0.1) is 0 Å². The number of aromatic hydroxyl groups is 1. The predicted molar refractivity (Wildman–Crippen MR) is 139 cm³/mol. The fraction of sp³-hybridized carbons (Fsp3) is 0.355. The van der Waals surface area contributed by atoms with Crippen LogP contribution in [-0.2, 0) is 12.8 Å². The van der Waals surface area contributed by atoms with E-state index in [1.54, 1.807) is 12.1 Å². The summed E-state index contributed by atoms with van der Waals surface area (Å²) in [7, 11) is 0. The van der Waals surface area contributed by atoms with E-state index in [-0.39, 0.29) is 5.75 Å². The van der Waals surface area contributed by atoms with Crippen LogP contribution < -0.4 is 4.74 Å². The van der Waals surface area contributed by atoms with Gasteiger partial charge in [-0.2, -0.15) is 0 Å². The molecule has 0 aromatic heterocycles. The number of phenolic OH excluding ortho intramolecular Hbond substituents is 1. The Labute approximate surface area is 207 Å². The van der Waals surface area contributed by atoms with Crippen LogP contribution >= 0.6 is 0 Å². The molecule has 3 aromatic carbocycles. The zero-order chi connectivity index (χ0) is 23.8. The third-order valence-electron chi connectivity index (χ3n) is 8.10. The standard InChI is InChI=1S/C31H33NO3/c33-25-8-6-7-22(17-25)18-29-27-9-2-3-10-28(27)30(34)31(29)20-23-11-12-26(19-24(23)21-31)35-16-15-32-13-4-1-5-14-32/h2-3,6-12,17-19,30,33-34H,1,4-5,13-16,20-21H2. The number of rotatable bonds is 5. The minimum absolute atomic E-state index is 0.251. The molecule has 3 aliphatic rings. The molecule has 35 heavy (non-hydrogen) atoms. The van der Waals surface area contributed by atoms with Crippen LogP contribution in [0, 0.1) is 5.41 Å². The predicted octanol–water partition coefficient (Wildman–Crippen LogP) is 5.63. The second-order valence-corrected chi connectivity index (χ2v) is 10.3. The molecule has 2 unspecified atom stereocenters. The molecule has 4 heteroatoms. The van der Waals surface area contributed by atoms with Gasteiger partial charge in [-0.05, 0) is 96.4 Å². The summed E-state index contributed by atoms with van der Waals surface area (Å²) in [5.41, 5.74) is 6.31. The summed E-state index contributed by atoms with van der Waals surface area (Å²) in [4.78, 5) is 2.50. The first-order valence-electron chi connectivity index (χ1n) is 12.9. The molecule has 0 bridgehead atoms. The Kier molecular flexibility index (Phi) is 5.87. The number of aliphatic hydroxyl groups excluding tert-OH is 1. The lowest BCUT2D eigenvalue weighted by Crippen LogP contribution is -2.33. The fourth-order valence-corrected chi connectivity index (χ4v) is 6.33. The van der Waals surface area contributed by atoms with Crippen molar-refractivity contribution in [3.8, 4) is 11.5 Å². The van der Waals surface area contributed by atoms with E-state index in [2.05, 4.69) is 35.2 Å². The van der Waals surface area contributed by atoms with E-state index >= 15 is 0 Å². The molecule has 1 saturated heterocycles. The molecule has 1 spiro atoms. The molecule has 0 amide bonds. The maximum Gasteiger partial charge on any atom is 0.119 e. The third-order valence-corrected chi connectivity index (χ3v) is 8.10. The topological polar surface area (TPSA) is 52.9 Å². The van der Waals surface area contributed by atoms with Gasteiger partial charge in [0.1, 0.15) is 18.1 Å². The molecule has 2 N–H and O–H groups in total. The van der Waals surface area contributed by atoms with Gasteiger partial charge < -0.3 is 14.9 Å². The Balaban J connectivity index is 1.28. The molecule has 4 nitrogen and oxygen atoms in total. The number of fused-ring (bicyclic) bond motifs is 2. The SMILES string of the molecule is Oc1cccc(C=C2c3ccccc3C(O)C23Cc2ccc(OCCN4CCCCC4)cc2C3)c1. The van der Waals surface area contributed by atoms with Crippen LogP contribution in [-0.4, -0.2) is 41.4 Å². The van der Waals surface area contributed by atoms with E-state index in [1.807, 2.05) is 30.3 Å². The van der Waals surface area contributed by atoms with E-state index in [9.17, 15) is 10.2 Å². The largest absolute Gasteiger partial charge is 0.508 e. The molecule has 2 atom stereocenters. The normalized spacial score (nSPS) is 24.6. The first kappa shape index (κ1) is 22.4. The molecule has 1 heterocycles. The lowest BCUT2D eigenvalue weighted by atomic mass is 9.75. The highest BCUT2D eigenvalue weighted by molar-refractivity contribution is 5.91. The molecular weight excluding hydrogens is 434 g/mol. The second-order valence-electron chi connectivity index (χ2n) is 10.3.